The van der Waals surface area contributed by atoms with Crippen molar-refractivity contribution >= 4 is 17.5 Å². The Hall–Kier alpha value is -1.62. The van der Waals surface area contributed by atoms with Crippen molar-refractivity contribution in [1.29, 1.82) is 0 Å². The molecule has 1 aliphatic rings. The van der Waals surface area contributed by atoms with Gasteiger partial charge in [-0.1, -0.05) is 17.7 Å². The van der Waals surface area contributed by atoms with E-state index in [1.54, 1.807) is 4.90 Å². The number of likely N-dealkylation sites (tertiary alicyclic amines) is 1. The van der Waals surface area contributed by atoms with Crippen LogP contribution in [0.25, 0.3) is 0 Å². The fourth-order valence-corrected chi connectivity index (χ4v) is 2.39. The molecule has 0 bridgehead atoms. The van der Waals surface area contributed by atoms with E-state index in [9.17, 15) is 4.79 Å². The first-order valence-electron chi connectivity index (χ1n) is 6.13. The third-order valence-electron chi connectivity index (χ3n) is 3.33. The van der Waals surface area contributed by atoms with Crippen molar-refractivity contribution in [1.82, 2.24) is 14.9 Å². The van der Waals surface area contributed by atoms with E-state index in [-0.39, 0.29) is 22.5 Å². The van der Waals surface area contributed by atoms with Gasteiger partial charge in [0.05, 0.1) is 7.11 Å². The lowest BCUT2D eigenvalue weighted by Crippen LogP contribution is -2.38. The van der Waals surface area contributed by atoms with Gasteiger partial charge in [0.25, 0.3) is 5.91 Å². The van der Waals surface area contributed by atoms with Gasteiger partial charge in [-0.15, -0.1) is 6.58 Å². The van der Waals surface area contributed by atoms with Crippen LogP contribution in [0.5, 0.6) is 5.88 Å². The second kappa shape index (κ2) is 6.02. The number of halogens is 1. The lowest BCUT2D eigenvalue weighted by molar-refractivity contribution is 0.0701. The molecule has 0 unspecified atom stereocenters. The maximum atomic E-state index is 12.5. The van der Waals surface area contributed by atoms with Crippen LogP contribution in [0.4, 0.5) is 0 Å². The highest BCUT2D eigenvalue weighted by Crippen LogP contribution is 2.26. The SMILES string of the molecule is C=CC1CCN(C(=O)c2c(Cl)ncnc2OC)CC1. The van der Waals surface area contributed by atoms with Gasteiger partial charge in [-0.25, -0.2) is 9.97 Å². The molecule has 1 aromatic rings. The van der Waals surface area contributed by atoms with Gasteiger partial charge in [0.1, 0.15) is 17.0 Å². The minimum Gasteiger partial charge on any atom is -0.480 e. The number of hydrogen-bond donors (Lipinski definition) is 0. The van der Waals surface area contributed by atoms with Crippen molar-refractivity contribution < 1.29 is 9.53 Å². The molecule has 0 saturated carbocycles. The highest BCUT2D eigenvalue weighted by Gasteiger charge is 2.27. The van der Waals surface area contributed by atoms with E-state index in [4.69, 9.17) is 16.3 Å². The number of hydrogen-bond acceptors (Lipinski definition) is 4. The summed E-state index contributed by atoms with van der Waals surface area (Å²) in [5.74, 6) is 0.522. The van der Waals surface area contributed by atoms with Crippen molar-refractivity contribution in [2.24, 2.45) is 5.92 Å². The average Bonchev–Trinajstić information content (AvgIpc) is 2.46. The van der Waals surface area contributed by atoms with Crippen molar-refractivity contribution in [2.75, 3.05) is 20.2 Å². The third-order valence-corrected chi connectivity index (χ3v) is 3.62. The number of allylic oxidation sites excluding steroid dienone is 1. The topological polar surface area (TPSA) is 55.3 Å². The number of methoxy groups -OCH3 is 1. The number of ether oxygens (including phenoxy) is 1. The molecular formula is C13H16ClN3O2. The quantitative estimate of drug-likeness (QED) is 0.629. The molecule has 1 amide bonds. The van der Waals surface area contributed by atoms with Gasteiger partial charge in [0.15, 0.2) is 0 Å². The molecule has 2 rings (SSSR count). The van der Waals surface area contributed by atoms with Gasteiger partial charge in [-0.2, -0.15) is 0 Å². The Labute approximate surface area is 117 Å². The van der Waals surface area contributed by atoms with Crippen LogP contribution < -0.4 is 4.74 Å². The first-order valence-corrected chi connectivity index (χ1v) is 6.51. The average molecular weight is 282 g/mol. The van der Waals surface area contributed by atoms with Crippen LogP contribution in [-0.4, -0.2) is 41.0 Å². The maximum Gasteiger partial charge on any atom is 0.262 e. The summed E-state index contributed by atoms with van der Waals surface area (Å²) in [6.07, 6.45) is 5.06. The van der Waals surface area contributed by atoms with E-state index in [0.717, 1.165) is 12.8 Å². The Morgan fingerprint density at radius 3 is 2.79 bits per heavy atom. The van der Waals surface area contributed by atoms with Crippen LogP contribution in [0.2, 0.25) is 5.15 Å². The van der Waals surface area contributed by atoms with Gasteiger partial charge >= 0.3 is 0 Å². The molecule has 0 N–H and O–H groups in total. The van der Waals surface area contributed by atoms with Crippen molar-refractivity contribution in [3.05, 3.63) is 29.7 Å². The third kappa shape index (κ3) is 2.87. The predicted molar refractivity (Wildman–Crippen MR) is 72.4 cm³/mol. The molecule has 1 aromatic heterocycles. The molecule has 2 heterocycles. The number of carbonyl (C=O) groups is 1. The number of nitrogens with zero attached hydrogens (tertiary/aromatic N) is 3. The highest BCUT2D eigenvalue weighted by molar-refractivity contribution is 6.32. The number of aromatic nitrogens is 2. The number of piperidine rings is 1. The first kappa shape index (κ1) is 13.8. The van der Waals surface area contributed by atoms with Gasteiger partial charge in [0.2, 0.25) is 5.88 Å². The summed E-state index contributed by atoms with van der Waals surface area (Å²) in [7, 11) is 1.46. The van der Waals surface area contributed by atoms with E-state index in [0.29, 0.717) is 19.0 Å². The summed E-state index contributed by atoms with van der Waals surface area (Å²) in [5, 5.41) is 0.127. The summed E-state index contributed by atoms with van der Waals surface area (Å²) in [6, 6.07) is 0. The normalized spacial score (nSPS) is 16.2. The van der Waals surface area contributed by atoms with E-state index in [1.807, 2.05) is 6.08 Å². The molecule has 19 heavy (non-hydrogen) atoms. The van der Waals surface area contributed by atoms with Gasteiger partial charge in [0, 0.05) is 13.1 Å². The zero-order valence-corrected chi connectivity index (χ0v) is 11.6. The molecule has 0 atom stereocenters. The van der Waals surface area contributed by atoms with E-state index in [2.05, 4.69) is 16.5 Å². The smallest absolute Gasteiger partial charge is 0.262 e. The van der Waals surface area contributed by atoms with Crippen molar-refractivity contribution in [2.45, 2.75) is 12.8 Å². The molecule has 1 fully saturated rings. The van der Waals surface area contributed by atoms with Crippen LogP contribution in [0.15, 0.2) is 19.0 Å². The lowest BCUT2D eigenvalue weighted by atomic mass is 9.97. The number of carbonyl (C=O) groups excluding carboxylic acids is 1. The Bertz CT molecular complexity index is 485. The van der Waals surface area contributed by atoms with Gasteiger partial charge in [-0.05, 0) is 18.8 Å². The fraction of sp³-hybridized carbons (Fsp3) is 0.462. The largest absolute Gasteiger partial charge is 0.480 e. The molecule has 1 aliphatic heterocycles. The molecule has 5 nitrogen and oxygen atoms in total. The molecule has 6 heteroatoms. The first-order chi connectivity index (χ1) is 9.17. The van der Waals surface area contributed by atoms with Gasteiger partial charge in [-0.3, -0.25) is 4.79 Å². The Kier molecular flexibility index (Phi) is 4.37. The van der Waals surface area contributed by atoms with E-state index in [1.165, 1.54) is 13.4 Å². The van der Waals surface area contributed by atoms with Crippen LogP contribution in [-0.2, 0) is 0 Å². The predicted octanol–water partition coefficient (Wildman–Crippen LogP) is 2.18. The number of rotatable bonds is 3. The minimum atomic E-state index is -0.176. The molecule has 0 spiro atoms. The molecule has 102 valence electrons. The second-order valence-corrected chi connectivity index (χ2v) is 4.77. The summed E-state index contributed by atoms with van der Waals surface area (Å²) >= 11 is 5.98. The molecular weight excluding hydrogens is 266 g/mol. The molecule has 1 saturated heterocycles. The summed E-state index contributed by atoms with van der Waals surface area (Å²) in [5.41, 5.74) is 0.240. The molecule has 0 aliphatic carbocycles. The second-order valence-electron chi connectivity index (χ2n) is 4.41. The van der Waals surface area contributed by atoms with Crippen LogP contribution in [0.3, 0.4) is 0 Å². The standard InChI is InChI=1S/C13H16ClN3O2/c1-3-9-4-6-17(7-5-9)13(18)10-11(14)15-8-16-12(10)19-2/h3,8-9H,1,4-7H2,2H3. The van der Waals surface area contributed by atoms with E-state index >= 15 is 0 Å². The van der Waals surface area contributed by atoms with Crippen LogP contribution in [0, 0.1) is 5.92 Å². The maximum absolute atomic E-state index is 12.5. The summed E-state index contributed by atoms with van der Waals surface area (Å²) in [4.78, 5) is 22.0. The summed E-state index contributed by atoms with van der Waals surface area (Å²) < 4.78 is 5.08. The number of amides is 1. The minimum absolute atomic E-state index is 0.127. The molecule has 0 aromatic carbocycles. The van der Waals surface area contributed by atoms with E-state index < -0.39 is 0 Å². The Balaban J connectivity index is 2.19. The Morgan fingerprint density at radius 2 is 2.21 bits per heavy atom. The fourth-order valence-electron chi connectivity index (χ4n) is 2.18. The van der Waals surface area contributed by atoms with Crippen molar-refractivity contribution in [3.63, 3.8) is 0 Å². The molecule has 0 radical (unpaired) electrons. The van der Waals surface area contributed by atoms with Crippen molar-refractivity contribution in [3.8, 4) is 5.88 Å². The lowest BCUT2D eigenvalue weighted by Gasteiger charge is -2.30. The van der Waals surface area contributed by atoms with Crippen LogP contribution in [0.1, 0.15) is 23.2 Å². The summed E-state index contributed by atoms with van der Waals surface area (Å²) in [6.45, 7) is 5.16. The zero-order chi connectivity index (χ0) is 13.8. The Morgan fingerprint density at radius 1 is 1.53 bits per heavy atom. The van der Waals surface area contributed by atoms with Gasteiger partial charge < -0.3 is 9.64 Å². The highest BCUT2D eigenvalue weighted by atomic mass is 35.5. The monoisotopic (exact) mass is 281 g/mol. The zero-order valence-electron chi connectivity index (χ0n) is 10.8. The van der Waals surface area contributed by atoms with Crippen LogP contribution >= 0.6 is 11.6 Å².